The van der Waals surface area contributed by atoms with Gasteiger partial charge < -0.3 is 20.2 Å². The van der Waals surface area contributed by atoms with Crippen LogP contribution in [0.15, 0.2) is 55.1 Å². The van der Waals surface area contributed by atoms with Crippen molar-refractivity contribution in [2.24, 2.45) is 0 Å². The number of carbonyl (C=O) groups is 1. The number of nitrogens with zero attached hydrogens (tertiary/aromatic N) is 5. The molecule has 0 fully saturated rings. The van der Waals surface area contributed by atoms with Crippen molar-refractivity contribution in [3.63, 3.8) is 0 Å². The maximum atomic E-state index is 12.6. The number of pyridine rings is 1. The van der Waals surface area contributed by atoms with Gasteiger partial charge in [-0.05, 0) is 37.6 Å². The Morgan fingerprint density at radius 3 is 3.03 bits per heavy atom. The predicted molar refractivity (Wildman–Crippen MR) is 132 cm³/mol. The summed E-state index contributed by atoms with van der Waals surface area (Å²) in [5.74, 6) is 0.727. The predicted octanol–water partition coefficient (Wildman–Crippen LogP) is 3.28. The lowest BCUT2D eigenvalue weighted by molar-refractivity contribution is -0.605. The Morgan fingerprint density at radius 2 is 2.17 bits per heavy atom. The number of fused-ring (bicyclic) bond motifs is 2. The second-order valence-corrected chi connectivity index (χ2v) is 10.4. The first-order valence-corrected chi connectivity index (χ1v) is 12.2. The number of thiazole rings is 1. The highest BCUT2D eigenvalue weighted by Gasteiger charge is 2.34. The molecule has 0 unspecified atom stereocenters. The van der Waals surface area contributed by atoms with Crippen LogP contribution in [0.1, 0.15) is 34.8 Å². The van der Waals surface area contributed by atoms with Crippen LogP contribution in [0, 0.1) is 5.21 Å². The molecule has 10 heteroatoms. The fraction of sp³-hybridized carbons (Fsp3) is 0.280. The molecular weight excluding hydrogens is 464 g/mol. The van der Waals surface area contributed by atoms with Gasteiger partial charge in [0, 0.05) is 35.3 Å². The molecule has 1 N–H and O–H groups in total. The van der Waals surface area contributed by atoms with E-state index in [1.165, 1.54) is 17.5 Å². The standard InChI is InChI=1S/C25H24N6O3S/c1-25(2)11-19-22(23(32)28-25)35-24(27-19)31-8-9-34-21-6-5-17(10-20(21)31)18-12-26-29(15-18)13-16-4-3-7-30(33)14-16/h3-7,10,12,14-15H,8-9,11,13H2,1-2H3,(H,28,32). The first-order chi connectivity index (χ1) is 16.8. The minimum Gasteiger partial charge on any atom is -0.619 e. The van der Waals surface area contributed by atoms with Crippen molar-refractivity contribution in [1.29, 1.82) is 0 Å². The molecule has 0 aliphatic carbocycles. The minimum atomic E-state index is -0.306. The van der Waals surface area contributed by atoms with Crippen molar-refractivity contribution < 1.29 is 14.3 Å². The maximum Gasteiger partial charge on any atom is 0.263 e. The van der Waals surface area contributed by atoms with E-state index in [0.29, 0.717) is 31.0 Å². The smallest absolute Gasteiger partial charge is 0.263 e. The first-order valence-electron chi connectivity index (χ1n) is 11.4. The summed E-state index contributed by atoms with van der Waals surface area (Å²) in [6.07, 6.45) is 7.50. The number of ether oxygens (including phenoxy) is 1. The molecule has 0 spiro atoms. The SMILES string of the molecule is CC1(C)Cc2nc(N3CCOc4ccc(-c5cnn(Cc6ccc[n+]([O-])c6)c5)cc43)sc2C(=O)N1. The van der Waals surface area contributed by atoms with Crippen LogP contribution >= 0.6 is 11.3 Å². The summed E-state index contributed by atoms with van der Waals surface area (Å²) in [4.78, 5) is 20.3. The van der Waals surface area contributed by atoms with Gasteiger partial charge in [-0.1, -0.05) is 17.4 Å². The fourth-order valence-corrected chi connectivity index (χ4v) is 5.57. The minimum absolute atomic E-state index is 0.0597. The van der Waals surface area contributed by atoms with Crippen LogP contribution in [0.25, 0.3) is 11.1 Å². The van der Waals surface area contributed by atoms with Crippen LogP contribution < -0.4 is 19.7 Å². The lowest BCUT2D eigenvalue weighted by atomic mass is 9.94. The molecule has 2 aliphatic rings. The highest BCUT2D eigenvalue weighted by atomic mass is 32.1. The summed E-state index contributed by atoms with van der Waals surface area (Å²) in [7, 11) is 0. The Morgan fingerprint density at radius 1 is 1.29 bits per heavy atom. The van der Waals surface area contributed by atoms with Gasteiger partial charge in [-0.3, -0.25) is 9.48 Å². The summed E-state index contributed by atoms with van der Waals surface area (Å²) >= 11 is 1.43. The third-order valence-electron chi connectivity index (χ3n) is 6.15. The quantitative estimate of drug-likeness (QED) is 0.350. The number of benzene rings is 1. The van der Waals surface area contributed by atoms with Crippen LogP contribution in [-0.4, -0.2) is 39.4 Å². The van der Waals surface area contributed by atoms with Crippen LogP contribution in [-0.2, 0) is 13.0 Å². The van der Waals surface area contributed by atoms with Gasteiger partial charge >= 0.3 is 0 Å². The number of hydrogen-bond acceptors (Lipinski definition) is 7. The van der Waals surface area contributed by atoms with Gasteiger partial charge in [0.1, 0.15) is 17.2 Å². The Labute approximate surface area is 206 Å². The van der Waals surface area contributed by atoms with E-state index in [1.807, 2.05) is 49.1 Å². The average Bonchev–Trinajstić information content (AvgIpc) is 3.45. The van der Waals surface area contributed by atoms with Gasteiger partial charge in [-0.2, -0.15) is 9.83 Å². The van der Waals surface area contributed by atoms with Gasteiger partial charge in [-0.25, -0.2) is 4.98 Å². The Bertz CT molecular complexity index is 1440. The second-order valence-electron chi connectivity index (χ2n) is 9.47. The number of aromatic nitrogens is 4. The van der Waals surface area contributed by atoms with Crippen molar-refractivity contribution in [3.05, 3.63) is 76.5 Å². The number of anilines is 2. The Kier molecular flexibility index (Phi) is 4.99. The van der Waals surface area contributed by atoms with E-state index in [4.69, 9.17) is 9.72 Å². The summed E-state index contributed by atoms with van der Waals surface area (Å²) in [6.45, 7) is 5.73. The molecule has 0 bridgehead atoms. The highest BCUT2D eigenvalue weighted by molar-refractivity contribution is 7.17. The second kappa shape index (κ2) is 8.09. The molecule has 178 valence electrons. The van der Waals surface area contributed by atoms with E-state index in [2.05, 4.69) is 21.4 Å². The molecule has 35 heavy (non-hydrogen) atoms. The summed E-state index contributed by atoms with van der Waals surface area (Å²) < 4.78 is 8.52. The van der Waals surface area contributed by atoms with Crippen molar-refractivity contribution in [2.75, 3.05) is 18.1 Å². The number of hydrogen-bond donors (Lipinski definition) is 1. The molecule has 2 aliphatic heterocycles. The maximum absolute atomic E-state index is 12.6. The lowest BCUT2D eigenvalue weighted by Gasteiger charge is -2.29. The molecule has 0 saturated carbocycles. The topological polar surface area (TPSA) is 99.2 Å². The van der Waals surface area contributed by atoms with Gasteiger partial charge in [-0.15, -0.1) is 0 Å². The largest absolute Gasteiger partial charge is 0.619 e. The van der Waals surface area contributed by atoms with Crippen LogP contribution in [0.4, 0.5) is 10.8 Å². The zero-order chi connectivity index (χ0) is 24.2. The van der Waals surface area contributed by atoms with E-state index in [1.54, 1.807) is 12.3 Å². The molecule has 6 rings (SSSR count). The molecule has 4 aromatic rings. The molecular formula is C25H24N6O3S. The molecule has 0 radical (unpaired) electrons. The zero-order valence-corrected chi connectivity index (χ0v) is 20.2. The summed E-state index contributed by atoms with van der Waals surface area (Å²) in [5, 5.41) is 19.9. The van der Waals surface area contributed by atoms with Crippen LogP contribution in [0.3, 0.4) is 0 Å². The number of carbonyl (C=O) groups excluding carboxylic acids is 1. The summed E-state index contributed by atoms with van der Waals surface area (Å²) in [6, 6.07) is 9.69. The number of rotatable bonds is 4. The van der Waals surface area contributed by atoms with E-state index < -0.39 is 0 Å². The van der Waals surface area contributed by atoms with Crippen LogP contribution in [0.5, 0.6) is 5.75 Å². The fourth-order valence-electron chi connectivity index (χ4n) is 4.56. The van der Waals surface area contributed by atoms with Crippen molar-refractivity contribution in [3.8, 4) is 16.9 Å². The third-order valence-corrected chi connectivity index (χ3v) is 7.27. The van der Waals surface area contributed by atoms with Crippen LogP contribution in [0.2, 0.25) is 0 Å². The van der Waals surface area contributed by atoms with E-state index >= 15 is 0 Å². The van der Waals surface area contributed by atoms with E-state index in [9.17, 15) is 10.0 Å². The molecule has 0 atom stereocenters. The van der Waals surface area contributed by atoms with E-state index in [0.717, 1.165) is 43.7 Å². The summed E-state index contributed by atoms with van der Waals surface area (Å²) in [5.41, 5.74) is 4.30. The Hall–Kier alpha value is -3.92. The monoisotopic (exact) mass is 488 g/mol. The van der Waals surface area contributed by atoms with Gasteiger partial charge in [0.05, 0.1) is 30.7 Å². The molecule has 1 amide bonds. The van der Waals surface area contributed by atoms with E-state index in [-0.39, 0.29) is 11.4 Å². The molecule has 3 aromatic heterocycles. The van der Waals surface area contributed by atoms with Crippen molar-refractivity contribution >= 4 is 28.1 Å². The van der Waals surface area contributed by atoms with Gasteiger partial charge in [0.25, 0.3) is 5.91 Å². The normalized spacial score (nSPS) is 16.3. The third kappa shape index (κ3) is 4.10. The van der Waals surface area contributed by atoms with Gasteiger partial charge in [0.15, 0.2) is 17.5 Å². The van der Waals surface area contributed by atoms with Crippen molar-refractivity contribution in [1.82, 2.24) is 20.1 Å². The van der Waals surface area contributed by atoms with Gasteiger partial charge in [0.2, 0.25) is 0 Å². The number of nitrogens with one attached hydrogen (secondary N) is 1. The molecule has 1 aromatic carbocycles. The van der Waals surface area contributed by atoms with Crippen molar-refractivity contribution in [2.45, 2.75) is 32.4 Å². The molecule has 5 heterocycles. The average molecular weight is 489 g/mol. The number of amides is 1. The molecule has 0 saturated heterocycles. The highest BCUT2D eigenvalue weighted by Crippen LogP contribution is 2.42. The Balaban J connectivity index is 1.31. The lowest BCUT2D eigenvalue weighted by Crippen LogP contribution is -2.48. The molecule has 9 nitrogen and oxygen atoms in total. The zero-order valence-electron chi connectivity index (χ0n) is 19.4. The first kappa shape index (κ1) is 21.6.